The third-order valence-corrected chi connectivity index (χ3v) is 5.52. The van der Waals surface area contributed by atoms with E-state index < -0.39 is 0 Å². The number of rotatable bonds is 9. The van der Waals surface area contributed by atoms with Crippen molar-refractivity contribution in [3.63, 3.8) is 0 Å². The number of thioether (sulfide) groups is 1. The Bertz CT molecular complexity index is 851. The summed E-state index contributed by atoms with van der Waals surface area (Å²) in [6.45, 7) is 8.06. The fourth-order valence-corrected chi connectivity index (χ4v) is 4.03. The summed E-state index contributed by atoms with van der Waals surface area (Å²) in [6.07, 6.45) is 4.44. The molecule has 5 nitrogen and oxygen atoms in total. The Hall–Kier alpha value is -1.53. The van der Waals surface area contributed by atoms with E-state index in [1.807, 2.05) is 20.8 Å². The lowest BCUT2D eigenvalue weighted by molar-refractivity contribution is -0.119. The molecule has 0 aliphatic heterocycles. The van der Waals surface area contributed by atoms with Crippen LogP contribution in [-0.4, -0.2) is 27.3 Å². The molecular weight excluding hydrogens is 382 g/mol. The molecule has 0 bridgehead atoms. The summed E-state index contributed by atoms with van der Waals surface area (Å²) in [5, 5.41) is 4.63. The van der Waals surface area contributed by atoms with Gasteiger partial charge in [0.05, 0.1) is 16.7 Å². The van der Waals surface area contributed by atoms with E-state index in [9.17, 15) is 9.59 Å². The van der Waals surface area contributed by atoms with Crippen molar-refractivity contribution in [3.8, 4) is 0 Å². The summed E-state index contributed by atoms with van der Waals surface area (Å²) < 4.78 is 1.64. The summed E-state index contributed by atoms with van der Waals surface area (Å²) in [7, 11) is 0. The van der Waals surface area contributed by atoms with E-state index in [2.05, 4.69) is 17.2 Å². The Morgan fingerprint density at radius 1 is 1.30 bits per heavy atom. The van der Waals surface area contributed by atoms with Crippen LogP contribution in [0.4, 0.5) is 0 Å². The number of nitrogens with zero attached hydrogens (tertiary/aromatic N) is 2. The first-order chi connectivity index (χ1) is 12.8. The SMILES string of the molecule is CCCCCC(C)NC(=O)CSc1nc2cc(Cl)ccc2c(=O)n1C(C)C. The molecule has 1 atom stereocenters. The normalized spacial score (nSPS) is 12.5. The molecule has 0 aliphatic carbocycles. The first-order valence-electron chi connectivity index (χ1n) is 9.47. The van der Waals surface area contributed by atoms with Gasteiger partial charge in [-0.05, 0) is 45.4 Å². The molecule has 1 amide bonds. The maximum atomic E-state index is 12.8. The monoisotopic (exact) mass is 409 g/mol. The van der Waals surface area contributed by atoms with Crippen LogP contribution in [0.2, 0.25) is 5.02 Å². The van der Waals surface area contributed by atoms with Crippen molar-refractivity contribution in [2.75, 3.05) is 5.75 Å². The summed E-state index contributed by atoms with van der Waals surface area (Å²) in [4.78, 5) is 29.7. The van der Waals surface area contributed by atoms with Crippen molar-refractivity contribution >= 4 is 40.2 Å². The molecule has 1 unspecified atom stereocenters. The lowest BCUT2D eigenvalue weighted by Crippen LogP contribution is -2.34. The van der Waals surface area contributed by atoms with E-state index in [1.165, 1.54) is 24.6 Å². The molecule has 0 radical (unpaired) electrons. The Kier molecular flexibility index (Phi) is 8.17. The highest BCUT2D eigenvalue weighted by atomic mass is 35.5. The number of carbonyl (C=O) groups is 1. The van der Waals surface area contributed by atoms with Gasteiger partial charge in [0.2, 0.25) is 5.91 Å². The first-order valence-corrected chi connectivity index (χ1v) is 10.8. The average molecular weight is 410 g/mol. The van der Waals surface area contributed by atoms with Gasteiger partial charge in [0, 0.05) is 17.1 Å². The lowest BCUT2D eigenvalue weighted by atomic mass is 10.1. The predicted molar refractivity (Wildman–Crippen MR) is 114 cm³/mol. The smallest absolute Gasteiger partial charge is 0.262 e. The van der Waals surface area contributed by atoms with Crippen molar-refractivity contribution in [2.45, 2.75) is 70.6 Å². The van der Waals surface area contributed by atoms with Gasteiger partial charge in [0.25, 0.3) is 5.56 Å². The maximum Gasteiger partial charge on any atom is 0.262 e. The molecule has 7 heteroatoms. The second-order valence-electron chi connectivity index (χ2n) is 7.08. The third-order valence-electron chi connectivity index (χ3n) is 4.33. The minimum absolute atomic E-state index is 0.0419. The number of halogens is 1. The van der Waals surface area contributed by atoms with Crippen LogP contribution in [0.15, 0.2) is 28.2 Å². The summed E-state index contributed by atoms with van der Waals surface area (Å²) in [6, 6.07) is 5.18. The fourth-order valence-electron chi connectivity index (χ4n) is 2.93. The standard InChI is InChI=1S/C20H28ClN3O2S/c1-5-6-7-8-14(4)22-18(25)12-27-20-23-17-11-15(21)9-10-16(17)19(26)24(20)13(2)3/h9-11,13-14H,5-8,12H2,1-4H3,(H,22,25). The zero-order valence-corrected chi connectivity index (χ0v) is 18.0. The van der Waals surface area contributed by atoms with Gasteiger partial charge in [0.15, 0.2) is 5.16 Å². The van der Waals surface area contributed by atoms with Crippen molar-refractivity contribution < 1.29 is 4.79 Å². The van der Waals surface area contributed by atoms with Gasteiger partial charge in [-0.1, -0.05) is 49.5 Å². The zero-order valence-electron chi connectivity index (χ0n) is 16.4. The third kappa shape index (κ3) is 5.98. The number of hydrogen-bond donors (Lipinski definition) is 1. The molecule has 27 heavy (non-hydrogen) atoms. The number of hydrogen-bond acceptors (Lipinski definition) is 4. The van der Waals surface area contributed by atoms with E-state index in [4.69, 9.17) is 11.6 Å². The Labute approximate surface area is 169 Å². The van der Waals surface area contributed by atoms with Gasteiger partial charge in [-0.25, -0.2) is 4.98 Å². The van der Waals surface area contributed by atoms with Crippen molar-refractivity contribution in [2.24, 2.45) is 0 Å². The van der Waals surface area contributed by atoms with Crippen LogP contribution >= 0.6 is 23.4 Å². The molecule has 2 rings (SSSR count). The molecular formula is C20H28ClN3O2S. The molecule has 1 N–H and O–H groups in total. The Morgan fingerprint density at radius 2 is 2.04 bits per heavy atom. The molecule has 1 aromatic carbocycles. The van der Waals surface area contributed by atoms with Gasteiger partial charge >= 0.3 is 0 Å². The van der Waals surface area contributed by atoms with Gasteiger partial charge in [0.1, 0.15) is 0 Å². The summed E-state index contributed by atoms with van der Waals surface area (Å²) in [5.41, 5.74) is 0.447. The van der Waals surface area contributed by atoms with Gasteiger partial charge in [-0.3, -0.25) is 14.2 Å². The van der Waals surface area contributed by atoms with Crippen LogP contribution in [0.5, 0.6) is 0 Å². The summed E-state index contributed by atoms with van der Waals surface area (Å²) in [5.74, 6) is 0.184. The minimum atomic E-state index is -0.109. The number of carbonyl (C=O) groups excluding carboxylic acids is 1. The van der Waals surface area contributed by atoms with Crippen LogP contribution < -0.4 is 10.9 Å². The molecule has 0 spiro atoms. The van der Waals surface area contributed by atoms with Gasteiger partial charge < -0.3 is 5.32 Å². The minimum Gasteiger partial charge on any atom is -0.353 e. The number of benzene rings is 1. The second-order valence-corrected chi connectivity index (χ2v) is 8.46. The van der Waals surface area contributed by atoms with E-state index in [-0.39, 0.29) is 29.3 Å². The van der Waals surface area contributed by atoms with Crippen LogP contribution in [0.25, 0.3) is 10.9 Å². The highest BCUT2D eigenvalue weighted by molar-refractivity contribution is 7.99. The van der Waals surface area contributed by atoms with Crippen LogP contribution in [0, 0.1) is 0 Å². The number of amides is 1. The highest BCUT2D eigenvalue weighted by Gasteiger charge is 2.16. The predicted octanol–water partition coefficient (Wildman–Crippen LogP) is 4.81. The molecule has 0 saturated heterocycles. The van der Waals surface area contributed by atoms with Crippen molar-refractivity contribution in [3.05, 3.63) is 33.6 Å². The second kappa shape index (κ2) is 10.1. The molecule has 148 valence electrons. The molecule has 1 aromatic heterocycles. The number of nitrogens with one attached hydrogen (secondary N) is 1. The number of aromatic nitrogens is 2. The van der Waals surface area contributed by atoms with Gasteiger partial charge in [-0.15, -0.1) is 0 Å². The molecule has 0 saturated carbocycles. The van der Waals surface area contributed by atoms with Gasteiger partial charge in [-0.2, -0.15) is 0 Å². The molecule has 1 heterocycles. The van der Waals surface area contributed by atoms with Crippen LogP contribution in [0.3, 0.4) is 0 Å². The fraction of sp³-hybridized carbons (Fsp3) is 0.550. The zero-order chi connectivity index (χ0) is 20.0. The van der Waals surface area contributed by atoms with Crippen molar-refractivity contribution in [1.29, 1.82) is 0 Å². The molecule has 2 aromatic rings. The van der Waals surface area contributed by atoms with E-state index in [1.54, 1.807) is 22.8 Å². The lowest BCUT2D eigenvalue weighted by Gasteiger charge is -2.17. The Balaban J connectivity index is 2.14. The maximum absolute atomic E-state index is 12.8. The largest absolute Gasteiger partial charge is 0.353 e. The van der Waals surface area contributed by atoms with E-state index in [0.717, 1.165) is 12.8 Å². The average Bonchev–Trinajstić information content (AvgIpc) is 2.59. The quantitative estimate of drug-likeness (QED) is 0.366. The first kappa shape index (κ1) is 21.8. The van der Waals surface area contributed by atoms with Crippen LogP contribution in [-0.2, 0) is 4.79 Å². The van der Waals surface area contributed by atoms with Crippen LogP contribution in [0.1, 0.15) is 59.4 Å². The van der Waals surface area contributed by atoms with E-state index in [0.29, 0.717) is 21.1 Å². The molecule has 0 aliphatic rings. The summed E-state index contributed by atoms with van der Waals surface area (Å²) >= 11 is 7.33. The van der Waals surface area contributed by atoms with E-state index >= 15 is 0 Å². The number of fused-ring (bicyclic) bond motifs is 1. The number of unbranched alkanes of at least 4 members (excludes halogenated alkanes) is 2. The molecule has 0 fully saturated rings. The Morgan fingerprint density at radius 3 is 2.70 bits per heavy atom. The topological polar surface area (TPSA) is 64.0 Å². The highest BCUT2D eigenvalue weighted by Crippen LogP contribution is 2.22. The van der Waals surface area contributed by atoms with Crippen molar-refractivity contribution in [1.82, 2.24) is 14.9 Å².